The summed E-state index contributed by atoms with van der Waals surface area (Å²) in [6.45, 7) is 8.95. The Labute approximate surface area is 270 Å². The van der Waals surface area contributed by atoms with Crippen molar-refractivity contribution < 1.29 is 28.0 Å². The van der Waals surface area contributed by atoms with Crippen LogP contribution in [0.5, 0.6) is 0 Å². The molecule has 13 heteroatoms. The van der Waals surface area contributed by atoms with Gasteiger partial charge in [-0.15, -0.1) is 0 Å². The lowest BCUT2D eigenvalue weighted by Crippen LogP contribution is -2.35. The maximum atomic E-state index is 15.5. The Morgan fingerprint density at radius 1 is 0.957 bits per heavy atom. The maximum absolute atomic E-state index is 15.5. The molecule has 5 rings (SSSR count). The highest BCUT2D eigenvalue weighted by Gasteiger charge is 2.29. The monoisotopic (exact) mass is 643 g/mol. The van der Waals surface area contributed by atoms with Crippen LogP contribution in [0.3, 0.4) is 0 Å². The Bertz CT molecular complexity index is 1830. The Morgan fingerprint density at radius 2 is 1.66 bits per heavy atom. The van der Waals surface area contributed by atoms with Crippen molar-refractivity contribution in [3.63, 3.8) is 0 Å². The predicted molar refractivity (Wildman–Crippen MR) is 173 cm³/mol. The molecule has 0 atom stereocenters. The Kier molecular flexibility index (Phi) is 10.0. The van der Waals surface area contributed by atoms with Crippen LogP contribution in [0.2, 0.25) is 0 Å². The van der Waals surface area contributed by atoms with Crippen LogP contribution in [0.1, 0.15) is 51.5 Å². The van der Waals surface area contributed by atoms with Gasteiger partial charge in [0, 0.05) is 42.1 Å². The van der Waals surface area contributed by atoms with Gasteiger partial charge in [-0.25, -0.2) is 18.6 Å². The van der Waals surface area contributed by atoms with Crippen molar-refractivity contribution in [1.82, 2.24) is 30.8 Å². The largest absolute Gasteiger partial charge is 0.349 e. The van der Waals surface area contributed by atoms with Gasteiger partial charge in [-0.1, -0.05) is 32.0 Å². The number of carbonyl (C=O) groups excluding carboxylic acids is 4. The van der Waals surface area contributed by atoms with Gasteiger partial charge in [-0.3, -0.25) is 19.7 Å². The zero-order valence-electron chi connectivity index (χ0n) is 26.2. The first-order valence-corrected chi connectivity index (χ1v) is 15.2. The van der Waals surface area contributed by atoms with E-state index in [-0.39, 0.29) is 41.7 Å². The molecule has 1 aliphatic rings. The van der Waals surface area contributed by atoms with Gasteiger partial charge in [0.2, 0.25) is 5.91 Å². The van der Waals surface area contributed by atoms with Gasteiger partial charge in [-0.2, -0.15) is 0 Å². The quantitative estimate of drug-likeness (QED) is 0.162. The van der Waals surface area contributed by atoms with Gasteiger partial charge in [0.05, 0.1) is 12.0 Å². The number of urea groups is 1. The van der Waals surface area contributed by atoms with Crippen molar-refractivity contribution in [1.29, 1.82) is 0 Å². The SMILES string of the molecule is CCN(CC)CCNC(=O)c1nc(-c2ccc(-c3ccc(NC(=O)NC(=O)Cc4ccc(F)cc4)cc3F)c3c2C(=O)NC3)[nH]c1C. The molecular weight excluding hydrogens is 608 g/mol. The topological polar surface area (TPSA) is 148 Å². The fourth-order valence-electron chi connectivity index (χ4n) is 5.49. The average molecular weight is 644 g/mol. The molecule has 1 aliphatic heterocycles. The van der Waals surface area contributed by atoms with E-state index in [1.165, 1.54) is 36.4 Å². The number of likely N-dealkylation sites (N-methyl/N-ethyl adjacent to an activating group) is 1. The lowest BCUT2D eigenvalue weighted by Gasteiger charge is -2.17. The molecule has 0 aliphatic carbocycles. The summed E-state index contributed by atoms with van der Waals surface area (Å²) in [7, 11) is 0. The van der Waals surface area contributed by atoms with E-state index in [9.17, 15) is 23.6 Å². The van der Waals surface area contributed by atoms with Gasteiger partial charge < -0.3 is 25.8 Å². The number of aromatic amines is 1. The number of imidazole rings is 1. The van der Waals surface area contributed by atoms with Crippen LogP contribution in [0.4, 0.5) is 19.3 Å². The fraction of sp³-hybridized carbons (Fsp3) is 0.265. The summed E-state index contributed by atoms with van der Waals surface area (Å²) >= 11 is 0. The van der Waals surface area contributed by atoms with Gasteiger partial charge in [0.1, 0.15) is 23.2 Å². The van der Waals surface area contributed by atoms with E-state index in [0.29, 0.717) is 52.4 Å². The minimum absolute atomic E-state index is 0.106. The second-order valence-electron chi connectivity index (χ2n) is 11.0. The van der Waals surface area contributed by atoms with Crippen LogP contribution in [0.15, 0.2) is 54.6 Å². The van der Waals surface area contributed by atoms with Crippen molar-refractivity contribution in [2.45, 2.75) is 33.7 Å². The zero-order chi connectivity index (χ0) is 33.7. The number of carbonyl (C=O) groups is 4. The van der Waals surface area contributed by atoms with Crippen molar-refractivity contribution in [3.8, 4) is 22.5 Å². The molecule has 0 fully saturated rings. The molecule has 0 spiro atoms. The highest BCUT2D eigenvalue weighted by molar-refractivity contribution is 6.06. The number of H-pyrrole nitrogens is 1. The molecule has 5 N–H and O–H groups in total. The summed E-state index contributed by atoms with van der Waals surface area (Å²) in [4.78, 5) is 60.3. The summed E-state index contributed by atoms with van der Waals surface area (Å²) in [6, 6.07) is 11.9. The summed E-state index contributed by atoms with van der Waals surface area (Å²) in [5.74, 6) is -2.05. The number of imide groups is 1. The number of aryl methyl sites for hydroxylation is 1. The van der Waals surface area contributed by atoms with E-state index >= 15 is 4.39 Å². The second-order valence-corrected chi connectivity index (χ2v) is 11.0. The predicted octanol–water partition coefficient (Wildman–Crippen LogP) is 4.54. The van der Waals surface area contributed by atoms with Crippen molar-refractivity contribution in [3.05, 3.63) is 94.3 Å². The number of fused-ring (bicyclic) bond motifs is 1. The van der Waals surface area contributed by atoms with E-state index in [0.717, 1.165) is 19.2 Å². The summed E-state index contributed by atoms with van der Waals surface area (Å²) in [5, 5.41) is 10.3. The Balaban J connectivity index is 1.31. The lowest BCUT2D eigenvalue weighted by molar-refractivity contribution is -0.119. The number of amides is 5. The number of hydrogen-bond acceptors (Lipinski definition) is 6. The van der Waals surface area contributed by atoms with E-state index in [1.807, 2.05) is 0 Å². The molecule has 2 heterocycles. The number of nitrogens with one attached hydrogen (secondary N) is 5. The first-order valence-electron chi connectivity index (χ1n) is 15.2. The summed E-state index contributed by atoms with van der Waals surface area (Å²) in [6.07, 6.45) is -0.141. The number of benzene rings is 3. The number of anilines is 1. The van der Waals surface area contributed by atoms with E-state index in [2.05, 4.69) is 50.0 Å². The van der Waals surface area contributed by atoms with Crippen LogP contribution in [-0.2, 0) is 17.8 Å². The standard InChI is InChI=1S/C34H35F2N7O4/c1-4-43(5-2)15-14-37-33(46)30-19(3)39-31(42-30)25-13-12-23(26-18-38-32(45)29(25)26)24-11-10-22(17-27(24)36)40-34(47)41-28(44)16-20-6-8-21(35)9-7-20/h6-13,17H,4-5,14-16,18H2,1-3H3,(H,37,46)(H,38,45)(H,39,42)(H2,40,41,44,47). The molecule has 11 nitrogen and oxygen atoms in total. The van der Waals surface area contributed by atoms with Gasteiger partial charge in [-0.05, 0) is 73.1 Å². The van der Waals surface area contributed by atoms with Gasteiger partial charge in [0.15, 0.2) is 0 Å². The van der Waals surface area contributed by atoms with Gasteiger partial charge in [0.25, 0.3) is 11.8 Å². The van der Waals surface area contributed by atoms with E-state index < -0.39 is 23.6 Å². The Morgan fingerprint density at radius 3 is 2.36 bits per heavy atom. The molecule has 244 valence electrons. The van der Waals surface area contributed by atoms with Crippen LogP contribution in [-0.4, -0.2) is 64.8 Å². The third-order valence-corrected chi connectivity index (χ3v) is 7.98. The summed E-state index contributed by atoms with van der Waals surface area (Å²) < 4.78 is 28.5. The summed E-state index contributed by atoms with van der Waals surface area (Å²) in [5.41, 5.74) is 3.45. The molecule has 0 bridgehead atoms. The normalized spacial score (nSPS) is 12.1. The highest BCUT2D eigenvalue weighted by Crippen LogP contribution is 2.37. The molecule has 47 heavy (non-hydrogen) atoms. The molecule has 0 unspecified atom stereocenters. The van der Waals surface area contributed by atoms with Crippen LogP contribution >= 0.6 is 0 Å². The van der Waals surface area contributed by atoms with Crippen LogP contribution in [0.25, 0.3) is 22.5 Å². The number of nitrogens with zero attached hydrogens (tertiary/aromatic N) is 2. The molecule has 0 saturated carbocycles. The van der Waals surface area contributed by atoms with E-state index in [1.54, 1.807) is 19.1 Å². The third kappa shape index (κ3) is 7.52. The maximum Gasteiger partial charge on any atom is 0.325 e. The number of hydrogen-bond donors (Lipinski definition) is 5. The Hall–Kier alpha value is -5.43. The first-order chi connectivity index (χ1) is 22.6. The number of rotatable bonds is 11. The van der Waals surface area contributed by atoms with Crippen molar-refractivity contribution in [2.24, 2.45) is 0 Å². The molecule has 5 amide bonds. The van der Waals surface area contributed by atoms with E-state index in [4.69, 9.17) is 0 Å². The van der Waals surface area contributed by atoms with Crippen molar-refractivity contribution in [2.75, 3.05) is 31.5 Å². The van der Waals surface area contributed by atoms with Gasteiger partial charge >= 0.3 is 6.03 Å². The van der Waals surface area contributed by atoms with Crippen LogP contribution < -0.4 is 21.3 Å². The smallest absolute Gasteiger partial charge is 0.325 e. The first kappa shape index (κ1) is 32.9. The molecule has 1 aromatic heterocycles. The zero-order valence-corrected chi connectivity index (χ0v) is 26.2. The van der Waals surface area contributed by atoms with Crippen molar-refractivity contribution >= 4 is 29.4 Å². The molecule has 0 saturated heterocycles. The average Bonchev–Trinajstić information content (AvgIpc) is 3.63. The minimum Gasteiger partial charge on any atom is -0.349 e. The third-order valence-electron chi connectivity index (χ3n) is 7.98. The second kappa shape index (κ2) is 14.3. The molecule has 3 aromatic carbocycles. The molecule has 4 aromatic rings. The lowest BCUT2D eigenvalue weighted by atomic mass is 9.92. The number of aromatic nitrogens is 2. The molecular formula is C34H35F2N7O4. The number of halogens is 2. The fourth-order valence-corrected chi connectivity index (χ4v) is 5.49. The molecule has 0 radical (unpaired) electrons. The highest BCUT2D eigenvalue weighted by atomic mass is 19.1. The van der Waals surface area contributed by atoms with Crippen LogP contribution in [0, 0.1) is 18.6 Å². The minimum atomic E-state index is -0.852.